The van der Waals surface area contributed by atoms with Gasteiger partial charge in [0.15, 0.2) is 0 Å². The first kappa shape index (κ1) is 28.0. The molecule has 0 aromatic carbocycles. The third-order valence-corrected chi connectivity index (χ3v) is 11.1. The largest absolute Gasteiger partial charge is 0.481 e. The van der Waals surface area contributed by atoms with E-state index < -0.39 is 5.97 Å². The number of aliphatic carboxylic acids is 1. The fourth-order valence-electron chi connectivity index (χ4n) is 9.24. The number of hydrogen-bond acceptors (Lipinski definition) is 2. The lowest BCUT2D eigenvalue weighted by Gasteiger charge is -2.58. The molecule has 0 heterocycles. The summed E-state index contributed by atoms with van der Waals surface area (Å²) in [5.74, 6) is 4.64. The van der Waals surface area contributed by atoms with Gasteiger partial charge >= 0.3 is 5.97 Å². The van der Waals surface area contributed by atoms with Crippen LogP contribution in [0.1, 0.15) is 112 Å². The lowest BCUT2D eigenvalue weighted by molar-refractivity contribution is -0.136. The van der Waals surface area contributed by atoms with Crippen molar-refractivity contribution in [1.29, 1.82) is 0 Å². The lowest BCUT2D eigenvalue weighted by Crippen LogP contribution is -2.51. The number of carboxylic acid groups (broad SMARTS) is 1. The molecular weight excluding hydrogens is 442 g/mol. The summed E-state index contributed by atoms with van der Waals surface area (Å²) in [6.07, 6.45) is 17.8. The lowest BCUT2D eigenvalue weighted by atomic mass is 9.47. The fraction of sp³-hybridized carbons (Fsp3) is 0.900. The van der Waals surface area contributed by atoms with Crippen molar-refractivity contribution in [1.82, 2.24) is 5.32 Å². The van der Waals surface area contributed by atoms with E-state index in [1.807, 2.05) is 0 Å². The molecule has 4 aliphatic carbocycles. The molecule has 3 fully saturated rings. The van der Waals surface area contributed by atoms with E-state index in [2.05, 4.69) is 46.0 Å². The number of carboxylic acids is 1. The van der Waals surface area contributed by atoms with Crippen molar-refractivity contribution < 1.29 is 9.90 Å². The van der Waals surface area contributed by atoms with Crippen molar-refractivity contribution in [3.8, 4) is 0 Å². The van der Waals surface area contributed by atoms with Gasteiger partial charge < -0.3 is 10.4 Å². The molecule has 4 aliphatic rings. The Bertz CT molecular complexity index is 735. The maximum Gasteiger partial charge on any atom is 0.304 e. The number of halogens is 1. The maximum absolute atomic E-state index is 10.9. The van der Waals surface area contributed by atoms with Gasteiger partial charge in [-0.2, -0.15) is 0 Å². The predicted octanol–water partition coefficient (Wildman–Crippen LogP) is 7.88. The number of allylic oxidation sites excluding steroid dienone is 1. The number of carbonyl (C=O) groups is 1. The van der Waals surface area contributed by atoms with E-state index in [1.165, 1.54) is 64.2 Å². The monoisotopic (exact) mass is 493 g/mol. The van der Waals surface area contributed by atoms with Crippen LogP contribution in [-0.4, -0.2) is 23.7 Å². The molecule has 0 aliphatic heterocycles. The number of nitrogens with one attached hydrogen (secondary N) is 1. The average Bonchev–Trinajstić information content (AvgIpc) is 3.10. The summed E-state index contributed by atoms with van der Waals surface area (Å²) in [5, 5.41) is 12.5. The molecule has 0 aromatic heterocycles. The Balaban J connectivity index is 0.00000324. The first-order valence-electron chi connectivity index (χ1n) is 14.3. The van der Waals surface area contributed by atoms with E-state index in [0.29, 0.717) is 23.4 Å². The van der Waals surface area contributed by atoms with E-state index >= 15 is 0 Å². The van der Waals surface area contributed by atoms with Gasteiger partial charge in [-0.25, -0.2) is 0 Å². The molecule has 4 unspecified atom stereocenters. The first-order chi connectivity index (χ1) is 15.6. The summed E-state index contributed by atoms with van der Waals surface area (Å²) in [6.45, 7) is 13.2. The zero-order chi connectivity index (χ0) is 23.8. The van der Waals surface area contributed by atoms with E-state index in [1.54, 1.807) is 5.57 Å². The van der Waals surface area contributed by atoms with Crippen LogP contribution >= 0.6 is 12.4 Å². The maximum atomic E-state index is 10.9. The highest BCUT2D eigenvalue weighted by Gasteiger charge is 2.59. The minimum absolute atomic E-state index is 0. The van der Waals surface area contributed by atoms with Crippen LogP contribution in [0.15, 0.2) is 11.6 Å². The highest BCUT2D eigenvalue weighted by atomic mass is 35.5. The molecule has 0 bridgehead atoms. The van der Waals surface area contributed by atoms with E-state index in [0.717, 1.165) is 41.9 Å². The Kier molecular flexibility index (Phi) is 9.27. The van der Waals surface area contributed by atoms with Gasteiger partial charge in [-0.3, -0.25) is 4.79 Å². The van der Waals surface area contributed by atoms with Gasteiger partial charge in [0.05, 0.1) is 6.42 Å². The van der Waals surface area contributed by atoms with Crippen LogP contribution in [-0.2, 0) is 4.79 Å². The van der Waals surface area contributed by atoms with Crippen molar-refractivity contribution >= 4 is 18.4 Å². The van der Waals surface area contributed by atoms with Gasteiger partial charge in [-0.05, 0) is 97.7 Å². The van der Waals surface area contributed by atoms with Crippen LogP contribution in [0.3, 0.4) is 0 Å². The Labute approximate surface area is 215 Å². The number of rotatable bonds is 9. The molecule has 0 spiro atoms. The average molecular weight is 494 g/mol. The minimum Gasteiger partial charge on any atom is -0.481 e. The second-order valence-corrected chi connectivity index (χ2v) is 13.3. The Morgan fingerprint density at radius 2 is 1.85 bits per heavy atom. The van der Waals surface area contributed by atoms with Crippen LogP contribution in [0.5, 0.6) is 0 Å². The molecule has 3 saturated carbocycles. The Morgan fingerprint density at radius 1 is 1.09 bits per heavy atom. The van der Waals surface area contributed by atoms with E-state index in [9.17, 15) is 4.79 Å². The Hall–Kier alpha value is -0.540. The molecule has 0 radical (unpaired) electrons. The van der Waals surface area contributed by atoms with E-state index in [4.69, 9.17) is 5.11 Å². The Morgan fingerprint density at radius 3 is 2.56 bits per heavy atom. The van der Waals surface area contributed by atoms with Gasteiger partial charge in [-0.1, -0.05) is 65.5 Å². The molecular formula is C30H52ClNO2. The summed E-state index contributed by atoms with van der Waals surface area (Å²) in [7, 11) is 0. The third kappa shape index (κ3) is 5.41. The van der Waals surface area contributed by atoms with Crippen molar-refractivity contribution in [2.24, 2.45) is 46.3 Å². The standard InChI is InChI=1S/C30H51NO2.ClH/c1-20(2)7-6-8-21(3)25-11-12-26-24-10-9-22-19-23(31-18-15-28(32)33)13-16-29(22,4)27(24)14-17-30(25,26)5;/h9,20-21,23-27,31H,6-8,10-19H2,1-5H3,(H,32,33);1H/t21-,23?,24?,25-,26?,27?,29+,30-;/m1./s1. The van der Waals surface area contributed by atoms with Crippen LogP contribution in [0, 0.1) is 46.3 Å². The summed E-state index contributed by atoms with van der Waals surface area (Å²) >= 11 is 0. The molecule has 4 rings (SSSR count). The van der Waals surface area contributed by atoms with Gasteiger partial charge in [0.2, 0.25) is 0 Å². The van der Waals surface area contributed by atoms with Crippen molar-refractivity contribution in [3.05, 3.63) is 11.6 Å². The predicted molar refractivity (Wildman–Crippen MR) is 144 cm³/mol. The highest BCUT2D eigenvalue weighted by Crippen LogP contribution is 2.67. The first-order valence-corrected chi connectivity index (χ1v) is 14.3. The smallest absolute Gasteiger partial charge is 0.304 e. The zero-order valence-electron chi connectivity index (χ0n) is 22.6. The molecule has 0 amide bonds. The molecule has 4 heteroatoms. The molecule has 8 atom stereocenters. The second-order valence-electron chi connectivity index (χ2n) is 13.3. The van der Waals surface area contributed by atoms with Gasteiger partial charge in [0.1, 0.15) is 0 Å². The number of hydrogen-bond donors (Lipinski definition) is 2. The van der Waals surface area contributed by atoms with Crippen molar-refractivity contribution in [2.75, 3.05) is 6.54 Å². The quantitative estimate of drug-likeness (QED) is 0.321. The summed E-state index contributed by atoms with van der Waals surface area (Å²) in [6, 6.07) is 0.469. The van der Waals surface area contributed by atoms with Crippen molar-refractivity contribution in [2.45, 2.75) is 118 Å². The second kappa shape index (κ2) is 11.2. The van der Waals surface area contributed by atoms with Crippen molar-refractivity contribution in [3.63, 3.8) is 0 Å². The molecule has 34 heavy (non-hydrogen) atoms. The minimum atomic E-state index is -0.697. The van der Waals surface area contributed by atoms with Crippen LogP contribution < -0.4 is 5.32 Å². The zero-order valence-corrected chi connectivity index (χ0v) is 23.4. The van der Waals surface area contributed by atoms with Gasteiger partial charge in [-0.15, -0.1) is 12.4 Å². The molecule has 0 saturated heterocycles. The normalized spacial score (nSPS) is 39.9. The molecule has 0 aromatic rings. The molecule has 2 N–H and O–H groups in total. The van der Waals surface area contributed by atoms with Crippen LogP contribution in [0.4, 0.5) is 0 Å². The van der Waals surface area contributed by atoms with Gasteiger partial charge in [0, 0.05) is 12.6 Å². The number of fused-ring (bicyclic) bond motifs is 5. The third-order valence-electron chi connectivity index (χ3n) is 11.1. The van der Waals surface area contributed by atoms with Gasteiger partial charge in [0.25, 0.3) is 0 Å². The summed E-state index contributed by atoms with van der Waals surface area (Å²) in [5.41, 5.74) is 2.65. The van der Waals surface area contributed by atoms with E-state index in [-0.39, 0.29) is 18.8 Å². The molecule has 196 valence electrons. The summed E-state index contributed by atoms with van der Waals surface area (Å²) < 4.78 is 0. The fourth-order valence-corrected chi connectivity index (χ4v) is 9.24. The van der Waals surface area contributed by atoms with Crippen LogP contribution in [0.25, 0.3) is 0 Å². The SMILES string of the molecule is CC(C)CCC[C@@H](C)[C@H]1CCC2C3CC=C4CC(NCCC(=O)O)CC[C@]4(C)C3CC[C@@]21C.Cl. The highest BCUT2D eigenvalue weighted by molar-refractivity contribution is 5.85. The topological polar surface area (TPSA) is 49.3 Å². The van der Waals surface area contributed by atoms with Crippen LogP contribution in [0.2, 0.25) is 0 Å². The molecule has 3 nitrogen and oxygen atoms in total. The summed E-state index contributed by atoms with van der Waals surface area (Å²) in [4.78, 5) is 10.9.